The highest BCUT2D eigenvalue weighted by atomic mass is 16.6. The summed E-state index contributed by atoms with van der Waals surface area (Å²) in [6.07, 6.45) is 10.5. The van der Waals surface area contributed by atoms with Crippen LogP contribution in [0.4, 0.5) is 0 Å². The van der Waals surface area contributed by atoms with E-state index < -0.39 is 18.0 Å². The van der Waals surface area contributed by atoms with Crippen LogP contribution in [0.15, 0.2) is 28.8 Å². The Balaban J connectivity index is 1.55. The van der Waals surface area contributed by atoms with Crippen molar-refractivity contribution in [1.82, 2.24) is 10.2 Å². The van der Waals surface area contributed by atoms with Crippen molar-refractivity contribution in [2.75, 3.05) is 32.8 Å². The average molecular weight is 389 g/mol. The summed E-state index contributed by atoms with van der Waals surface area (Å²) in [5.74, 6) is 0.516. The van der Waals surface area contributed by atoms with Gasteiger partial charge in [0.1, 0.15) is 5.84 Å². The number of nitrogens with zero attached hydrogens (tertiary/aromatic N) is 2. The third kappa shape index (κ3) is 5.01. The predicted molar refractivity (Wildman–Crippen MR) is 107 cm³/mol. The first-order chi connectivity index (χ1) is 13.6. The van der Waals surface area contributed by atoms with Crippen LogP contribution in [0.25, 0.3) is 0 Å². The van der Waals surface area contributed by atoms with Gasteiger partial charge in [-0.15, -0.1) is 0 Å². The zero-order valence-corrected chi connectivity index (χ0v) is 16.9. The van der Waals surface area contributed by atoms with Gasteiger partial charge < -0.3 is 14.8 Å². The van der Waals surface area contributed by atoms with Gasteiger partial charge in [-0.3, -0.25) is 9.89 Å². The molecule has 28 heavy (non-hydrogen) atoms. The van der Waals surface area contributed by atoms with Crippen LogP contribution in [0.2, 0.25) is 0 Å². The predicted octanol–water partition coefficient (Wildman–Crippen LogP) is 1.84. The molecule has 1 atom stereocenters. The van der Waals surface area contributed by atoms with Crippen LogP contribution in [0.1, 0.15) is 39.5 Å². The molecule has 154 valence electrons. The second-order valence-electron chi connectivity index (χ2n) is 7.40. The van der Waals surface area contributed by atoms with Gasteiger partial charge in [0.25, 0.3) is 0 Å². The van der Waals surface area contributed by atoms with Gasteiger partial charge >= 0.3 is 11.9 Å². The van der Waals surface area contributed by atoms with Gasteiger partial charge in [-0.05, 0) is 58.5 Å². The summed E-state index contributed by atoms with van der Waals surface area (Å²) in [6.45, 7) is 6.31. The minimum Gasteiger partial charge on any atom is -0.464 e. The summed E-state index contributed by atoms with van der Waals surface area (Å²) < 4.78 is 10.2. The lowest BCUT2D eigenvalue weighted by atomic mass is 9.88. The molecule has 1 unspecified atom stereocenters. The number of fused-ring (bicyclic) bond motifs is 1. The molecule has 1 fully saturated rings. The Morgan fingerprint density at radius 2 is 1.89 bits per heavy atom. The first kappa shape index (κ1) is 20.6. The molecule has 0 aromatic rings. The maximum absolute atomic E-state index is 12.3. The zero-order valence-electron chi connectivity index (χ0n) is 16.9. The highest BCUT2D eigenvalue weighted by Crippen LogP contribution is 2.27. The molecule has 3 rings (SSSR count). The number of esters is 2. The van der Waals surface area contributed by atoms with Crippen LogP contribution in [0.3, 0.4) is 0 Å². The standard InChI is InChI=1S/C21H31N3O4/c1-3-27-20(25)18(21(26)28-4-2)24-12-9-15(10-13-24)14-17-8-7-16-6-5-11-22-19(16)23-17/h6-8,15,17-18H,3-5,9-14H2,1-2H3,(H,22,23). The lowest BCUT2D eigenvalue weighted by Crippen LogP contribution is -2.51. The number of likely N-dealkylation sites (tertiary alicyclic amines) is 1. The van der Waals surface area contributed by atoms with E-state index in [1.807, 2.05) is 4.90 Å². The highest BCUT2D eigenvalue weighted by Gasteiger charge is 2.37. The van der Waals surface area contributed by atoms with E-state index in [1.54, 1.807) is 13.8 Å². The minimum absolute atomic E-state index is 0.195. The number of dihydropyridines is 1. The number of hydrogen-bond acceptors (Lipinski definition) is 7. The molecule has 0 saturated carbocycles. The Labute approximate surface area is 166 Å². The van der Waals surface area contributed by atoms with Gasteiger partial charge in [0.05, 0.1) is 19.3 Å². The molecule has 1 N–H and O–H groups in total. The van der Waals surface area contributed by atoms with Crippen LogP contribution in [-0.4, -0.2) is 67.6 Å². The molecular weight excluding hydrogens is 358 g/mol. The Hall–Kier alpha value is -2.15. The van der Waals surface area contributed by atoms with Crippen molar-refractivity contribution in [3.63, 3.8) is 0 Å². The third-order valence-corrected chi connectivity index (χ3v) is 5.48. The number of hydrogen-bond donors (Lipinski definition) is 1. The Morgan fingerprint density at radius 1 is 1.21 bits per heavy atom. The van der Waals surface area contributed by atoms with E-state index in [1.165, 1.54) is 5.57 Å². The normalized spacial score (nSPS) is 22.8. The molecule has 0 spiro atoms. The van der Waals surface area contributed by atoms with Crippen LogP contribution >= 0.6 is 0 Å². The second-order valence-corrected chi connectivity index (χ2v) is 7.40. The number of carbonyl (C=O) groups excluding carboxylic acids is 2. The molecule has 0 amide bonds. The summed E-state index contributed by atoms with van der Waals surface area (Å²) >= 11 is 0. The molecule has 3 aliphatic heterocycles. The maximum atomic E-state index is 12.3. The fraction of sp³-hybridized carbons (Fsp3) is 0.667. The SMILES string of the molecule is CCOC(=O)C(C(=O)OCC)N1CCC(CC2C=CC3=CCCNC3=N2)CC1. The lowest BCUT2D eigenvalue weighted by Gasteiger charge is -2.36. The molecule has 0 radical (unpaired) electrons. The van der Waals surface area contributed by atoms with E-state index in [9.17, 15) is 9.59 Å². The third-order valence-electron chi connectivity index (χ3n) is 5.48. The van der Waals surface area contributed by atoms with E-state index in [4.69, 9.17) is 14.5 Å². The van der Waals surface area contributed by atoms with Crippen LogP contribution in [0, 0.1) is 5.92 Å². The molecule has 0 aromatic heterocycles. The molecule has 0 bridgehead atoms. The van der Waals surface area contributed by atoms with Gasteiger partial charge in [-0.1, -0.05) is 18.2 Å². The number of rotatable bonds is 7. The van der Waals surface area contributed by atoms with Crippen molar-refractivity contribution < 1.29 is 19.1 Å². The van der Waals surface area contributed by atoms with Crippen LogP contribution < -0.4 is 5.32 Å². The fourth-order valence-electron chi connectivity index (χ4n) is 4.06. The number of piperidine rings is 1. The molecular formula is C21H31N3O4. The van der Waals surface area contributed by atoms with Crippen molar-refractivity contribution in [1.29, 1.82) is 0 Å². The summed E-state index contributed by atoms with van der Waals surface area (Å²) in [5, 5.41) is 3.38. The van der Waals surface area contributed by atoms with Gasteiger partial charge in [-0.2, -0.15) is 0 Å². The van der Waals surface area contributed by atoms with Crippen molar-refractivity contribution in [3.8, 4) is 0 Å². The molecule has 7 nitrogen and oxygen atoms in total. The molecule has 3 aliphatic rings. The van der Waals surface area contributed by atoms with E-state index >= 15 is 0 Å². The number of amidine groups is 1. The van der Waals surface area contributed by atoms with Crippen LogP contribution in [-0.2, 0) is 19.1 Å². The van der Waals surface area contributed by atoms with Crippen LogP contribution in [0.5, 0.6) is 0 Å². The van der Waals surface area contributed by atoms with Crippen molar-refractivity contribution in [3.05, 3.63) is 23.8 Å². The highest BCUT2D eigenvalue weighted by molar-refractivity contribution is 6.02. The summed E-state index contributed by atoms with van der Waals surface area (Å²) in [7, 11) is 0. The van der Waals surface area contributed by atoms with Crippen molar-refractivity contribution >= 4 is 17.8 Å². The number of carbonyl (C=O) groups is 2. The van der Waals surface area contributed by atoms with Gasteiger partial charge in [-0.25, -0.2) is 9.59 Å². The fourth-order valence-corrected chi connectivity index (χ4v) is 4.06. The van der Waals surface area contributed by atoms with Gasteiger partial charge in [0, 0.05) is 12.1 Å². The van der Waals surface area contributed by atoms with Gasteiger partial charge in [0.15, 0.2) is 0 Å². The molecule has 3 heterocycles. The maximum Gasteiger partial charge on any atom is 0.335 e. The van der Waals surface area contributed by atoms with E-state index in [-0.39, 0.29) is 19.3 Å². The molecule has 7 heteroatoms. The minimum atomic E-state index is -0.949. The summed E-state index contributed by atoms with van der Waals surface area (Å²) in [4.78, 5) is 31.3. The molecule has 1 saturated heterocycles. The van der Waals surface area contributed by atoms with E-state index in [2.05, 4.69) is 23.5 Å². The van der Waals surface area contributed by atoms with E-state index in [0.717, 1.165) is 38.1 Å². The molecule has 0 aliphatic carbocycles. The lowest BCUT2D eigenvalue weighted by molar-refractivity contribution is -0.164. The van der Waals surface area contributed by atoms with E-state index in [0.29, 0.717) is 19.0 Å². The Kier molecular flexibility index (Phi) is 7.25. The number of aliphatic imine (C=N–C) groups is 1. The van der Waals surface area contributed by atoms with Gasteiger partial charge in [0.2, 0.25) is 6.04 Å². The van der Waals surface area contributed by atoms with Crippen molar-refractivity contribution in [2.24, 2.45) is 10.9 Å². The first-order valence-corrected chi connectivity index (χ1v) is 10.4. The van der Waals surface area contributed by atoms with Crippen molar-refractivity contribution in [2.45, 2.75) is 51.6 Å². The topological polar surface area (TPSA) is 80.2 Å². The summed E-state index contributed by atoms with van der Waals surface area (Å²) in [6, 6.07) is -0.755. The average Bonchev–Trinajstić information content (AvgIpc) is 2.70. The zero-order chi connectivity index (χ0) is 19.9. The largest absolute Gasteiger partial charge is 0.464 e. The Morgan fingerprint density at radius 3 is 2.54 bits per heavy atom. The number of ether oxygens (including phenoxy) is 2. The Bertz CT molecular complexity index is 645. The number of nitrogens with one attached hydrogen (secondary N) is 1. The second kappa shape index (κ2) is 9.87. The molecule has 0 aromatic carbocycles. The summed E-state index contributed by atoms with van der Waals surface area (Å²) in [5.41, 5.74) is 1.20. The quantitative estimate of drug-likeness (QED) is 0.529. The first-order valence-electron chi connectivity index (χ1n) is 10.4. The smallest absolute Gasteiger partial charge is 0.335 e. The monoisotopic (exact) mass is 389 g/mol.